The topological polar surface area (TPSA) is 55.4 Å². The first-order valence-corrected chi connectivity index (χ1v) is 6.05. The fraction of sp³-hybridized carbons (Fsp3) is 0.182. The molecule has 0 bridgehead atoms. The molecule has 1 aliphatic heterocycles. The summed E-state index contributed by atoms with van der Waals surface area (Å²) in [5.74, 6) is 0.391. The Labute approximate surface area is 108 Å². The lowest BCUT2D eigenvalue weighted by atomic mass is 10.1. The quantitative estimate of drug-likeness (QED) is 0.507. The predicted octanol–water partition coefficient (Wildman–Crippen LogP) is 1.39. The van der Waals surface area contributed by atoms with E-state index >= 15 is 0 Å². The van der Waals surface area contributed by atoms with Crippen LogP contribution in [0.4, 0.5) is 0 Å². The molecule has 4 nitrogen and oxygen atoms in total. The molecule has 88 valence electrons. The van der Waals surface area contributed by atoms with Crippen molar-refractivity contribution in [2.45, 2.75) is 6.04 Å². The number of thiocarbonyl (C=S) groups is 1. The number of hydrogen-bond acceptors (Lipinski definition) is 5. The zero-order chi connectivity index (χ0) is 12.4. The smallest absolute Gasteiger partial charge is 0.226 e. The molecular weight excluding hydrogens is 258 g/mol. The Hall–Kier alpha value is -1.40. The second-order valence-electron chi connectivity index (χ2n) is 3.38. The van der Waals surface area contributed by atoms with Gasteiger partial charge in [-0.1, -0.05) is 12.2 Å². The molecule has 1 unspecified atom stereocenters. The molecule has 1 aliphatic rings. The van der Waals surface area contributed by atoms with Gasteiger partial charge in [-0.2, -0.15) is 0 Å². The highest BCUT2D eigenvalue weighted by molar-refractivity contribution is 8.33. The van der Waals surface area contributed by atoms with E-state index in [9.17, 15) is 9.59 Å². The van der Waals surface area contributed by atoms with Gasteiger partial charge in [0.15, 0.2) is 11.8 Å². The number of rotatable bonds is 3. The first kappa shape index (κ1) is 12.1. The van der Waals surface area contributed by atoms with E-state index in [1.807, 2.05) is 0 Å². The van der Waals surface area contributed by atoms with Crippen molar-refractivity contribution in [2.24, 2.45) is 0 Å². The number of benzene rings is 1. The Morgan fingerprint density at radius 2 is 2.06 bits per heavy atom. The van der Waals surface area contributed by atoms with Crippen LogP contribution in [0.15, 0.2) is 24.3 Å². The molecule has 0 aromatic heterocycles. The van der Waals surface area contributed by atoms with E-state index in [1.165, 1.54) is 0 Å². The van der Waals surface area contributed by atoms with Crippen LogP contribution in [-0.2, 0) is 4.79 Å². The van der Waals surface area contributed by atoms with Crippen molar-refractivity contribution in [2.75, 3.05) is 7.11 Å². The van der Waals surface area contributed by atoms with Crippen LogP contribution in [0, 0.1) is 0 Å². The largest absolute Gasteiger partial charge is 0.497 e. The first-order chi connectivity index (χ1) is 8.11. The van der Waals surface area contributed by atoms with E-state index in [0.717, 1.165) is 11.8 Å². The molecule has 1 atom stereocenters. The van der Waals surface area contributed by atoms with Gasteiger partial charge in [0, 0.05) is 5.56 Å². The van der Waals surface area contributed by atoms with E-state index in [-0.39, 0.29) is 10.9 Å². The summed E-state index contributed by atoms with van der Waals surface area (Å²) in [6.07, 6.45) is 0. The standard InChI is InChI=1S/C11H9NO3S2/c1-15-7-4-2-6(3-5-7)9(13)8-10(14)17-11(16)12-8/h2-5,8H,1H3,(H,12,16). The summed E-state index contributed by atoms with van der Waals surface area (Å²) < 4.78 is 5.34. The minimum absolute atomic E-state index is 0.254. The Morgan fingerprint density at radius 3 is 2.53 bits per heavy atom. The molecule has 1 N–H and O–H groups in total. The lowest BCUT2D eigenvalue weighted by molar-refractivity contribution is -0.111. The zero-order valence-electron chi connectivity index (χ0n) is 8.93. The average molecular weight is 267 g/mol. The lowest BCUT2D eigenvalue weighted by Gasteiger charge is -2.07. The highest BCUT2D eigenvalue weighted by Crippen LogP contribution is 2.20. The second-order valence-corrected chi connectivity index (χ2v) is 5.06. The molecule has 0 spiro atoms. The number of hydrogen-bond donors (Lipinski definition) is 1. The van der Waals surface area contributed by atoms with Crippen LogP contribution in [0.25, 0.3) is 0 Å². The van der Waals surface area contributed by atoms with Gasteiger partial charge in [0.1, 0.15) is 10.1 Å². The molecule has 2 rings (SSSR count). The van der Waals surface area contributed by atoms with Crippen LogP contribution >= 0.6 is 24.0 Å². The number of ether oxygens (including phenoxy) is 1. The molecule has 1 saturated heterocycles. The van der Waals surface area contributed by atoms with E-state index in [4.69, 9.17) is 17.0 Å². The molecule has 0 aliphatic carbocycles. The minimum atomic E-state index is -0.860. The number of carbonyl (C=O) groups excluding carboxylic acids is 2. The molecule has 1 aromatic carbocycles. The maximum atomic E-state index is 12.0. The van der Waals surface area contributed by atoms with Gasteiger partial charge in [0.2, 0.25) is 5.12 Å². The summed E-state index contributed by atoms with van der Waals surface area (Å²) >= 11 is 5.74. The van der Waals surface area contributed by atoms with Gasteiger partial charge in [-0.25, -0.2) is 0 Å². The van der Waals surface area contributed by atoms with Crippen LogP contribution < -0.4 is 10.1 Å². The van der Waals surface area contributed by atoms with Crippen LogP contribution in [0.5, 0.6) is 5.75 Å². The minimum Gasteiger partial charge on any atom is -0.497 e. The molecule has 1 heterocycles. The SMILES string of the molecule is COc1ccc(C(=O)C2NC(=S)SC2=O)cc1. The maximum Gasteiger partial charge on any atom is 0.226 e. The van der Waals surface area contributed by atoms with Crippen molar-refractivity contribution in [3.8, 4) is 5.75 Å². The van der Waals surface area contributed by atoms with Crippen LogP contribution in [0.1, 0.15) is 10.4 Å². The van der Waals surface area contributed by atoms with Crippen molar-refractivity contribution in [1.82, 2.24) is 5.32 Å². The molecule has 0 saturated carbocycles. The van der Waals surface area contributed by atoms with Crippen LogP contribution in [-0.4, -0.2) is 28.4 Å². The van der Waals surface area contributed by atoms with Crippen LogP contribution in [0.2, 0.25) is 0 Å². The molecule has 0 amide bonds. The van der Waals surface area contributed by atoms with Crippen molar-refractivity contribution >= 4 is 39.2 Å². The zero-order valence-corrected chi connectivity index (χ0v) is 10.6. The van der Waals surface area contributed by atoms with E-state index < -0.39 is 6.04 Å². The third-order valence-corrected chi connectivity index (χ3v) is 3.44. The normalized spacial score (nSPS) is 19.0. The number of methoxy groups -OCH3 is 1. The fourth-order valence-corrected chi connectivity index (χ4v) is 2.46. The van der Waals surface area contributed by atoms with Gasteiger partial charge in [-0.3, -0.25) is 9.59 Å². The Bertz CT molecular complexity index is 484. The van der Waals surface area contributed by atoms with Gasteiger partial charge < -0.3 is 10.1 Å². The number of ketones is 1. The monoisotopic (exact) mass is 267 g/mol. The average Bonchev–Trinajstić information content (AvgIpc) is 2.68. The van der Waals surface area contributed by atoms with E-state index in [0.29, 0.717) is 15.6 Å². The lowest BCUT2D eigenvalue weighted by Crippen LogP contribution is -2.36. The summed E-state index contributed by atoms with van der Waals surface area (Å²) in [6.45, 7) is 0. The second kappa shape index (κ2) is 4.85. The van der Waals surface area contributed by atoms with E-state index in [2.05, 4.69) is 5.32 Å². The van der Waals surface area contributed by atoms with Gasteiger partial charge in [-0.15, -0.1) is 0 Å². The molecule has 17 heavy (non-hydrogen) atoms. The molecule has 0 radical (unpaired) electrons. The number of carbonyl (C=O) groups is 2. The molecule has 1 fully saturated rings. The van der Waals surface area contributed by atoms with Gasteiger partial charge in [-0.05, 0) is 36.0 Å². The van der Waals surface area contributed by atoms with Crippen molar-refractivity contribution in [3.05, 3.63) is 29.8 Å². The molecular formula is C11H9NO3S2. The molecule has 6 heteroatoms. The summed E-state index contributed by atoms with van der Waals surface area (Å²) in [7, 11) is 1.55. The third kappa shape index (κ3) is 2.48. The first-order valence-electron chi connectivity index (χ1n) is 4.82. The Kier molecular flexibility index (Phi) is 3.44. The summed E-state index contributed by atoms with van der Waals surface area (Å²) in [5, 5.41) is 2.44. The third-order valence-electron chi connectivity index (χ3n) is 2.33. The van der Waals surface area contributed by atoms with Crippen LogP contribution in [0.3, 0.4) is 0 Å². The summed E-state index contributed by atoms with van der Waals surface area (Å²) in [5.41, 5.74) is 0.460. The highest BCUT2D eigenvalue weighted by Gasteiger charge is 2.35. The number of thioether (sulfide) groups is 1. The van der Waals surface area contributed by atoms with Gasteiger partial charge in [0.05, 0.1) is 7.11 Å². The van der Waals surface area contributed by atoms with Gasteiger partial charge in [0.25, 0.3) is 0 Å². The van der Waals surface area contributed by atoms with E-state index in [1.54, 1.807) is 31.4 Å². The highest BCUT2D eigenvalue weighted by atomic mass is 32.2. The van der Waals surface area contributed by atoms with Crippen molar-refractivity contribution < 1.29 is 14.3 Å². The van der Waals surface area contributed by atoms with Crippen molar-refractivity contribution in [1.29, 1.82) is 0 Å². The predicted molar refractivity (Wildman–Crippen MR) is 69.4 cm³/mol. The van der Waals surface area contributed by atoms with Crippen molar-refractivity contribution in [3.63, 3.8) is 0 Å². The molecule has 1 aromatic rings. The summed E-state index contributed by atoms with van der Waals surface area (Å²) in [4.78, 5) is 23.5. The maximum absolute atomic E-state index is 12.0. The van der Waals surface area contributed by atoms with Gasteiger partial charge >= 0.3 is 0 Å². The number of Topliss-reactive ketones (excluding diaryl/α,β-unsaturated/α-hetero) is 1. The Balaban J connectivity index is 2.19. The Morgan fingerprint density at radius 1 is 1.41 bits per heavy atom. The summed E-state index contributed by atoms with van der Waals surface area (Å²) in [6, 6.07) is 5.75. The number of nitrogens with one attached hydrogen (secondary N) is 1. The fourth-order valence-electron chi connectivity index (χ4n) is 1.45.